The number of hydrogen-bond acceptors (Lipinski definition) is 4. The molecule has 0 N–H and O–H groups in total. The Morgan fingerprint density at radius 1 is 0.733 bits per heavy atom. The third-order valence-corrected chi connectivity index (χ3v) is 11.9. The number of benzene rings is 3. The Balaban J connectivity index is 1.42. The Hall–Kier alpha value is -1.62. The first-order chi connectivity index (χ1) is 14.7. The predicted octanol–water partition coefficient (Wildman–Crippen LogP) is 6.84. The zero-order chi connectivity index (χ0) is 19.9. The van der Waals surface area contributed by atoms with Crippen molar-refractivity contribution >= 4 is 40.3 Å². The molecule has 30 heavy (non-hydrogen) atoms. The number of rotatable bonds is 1. The average Bonchev–Trinajstić information content (AvgIpc) is 3.45. The molecule has 0 amide bonds. The molecular formula is C26H21NS3. The van der Waals surface area contributed by atoms with Crippen LogP contribution in [0.15, 0.2) is 93.6 Å². The van der Waals surface area contributed by atoms with Gasteiger partial charge in [0.25, 0.3) is 0 Å². The van der Waals surface area contributed by atoms with Crippen LogP contribution in [-0.4, -0.2) is 26.3 Å². The van der Waals surface area contributed by atoms with Gasteiger partial charge in [-0.3, -0.25) is 4.99 Å². The molecule has 3 aliphatic heterocycles. The molecule has 0 spiro atoms. The summed E-state index contributed by atoms with van der Waals surface area (Å²) in [4.78, 5) is 8.40. The summed E-state index contributed by atoms with van der Waals surface area (Å²) in [6, 6.07) is 29.4. The Bertz CT molecular complexity index is 1190. The van der Waals surface area contributed by atoms with Gasteiger partial charge in [0.2, 0.25) is 0 Å². The van der Waals surface area contributed by atoms with E-state index in [0.29, 0.717) is 28.4 Å². The van der Waals surface area contributed by atoms with Gasteiger partial charge in [0.15, 0.2) is 0 Å². The summed E-state index contributed by atoms with van der Waals surface area (Å²) in [7, 11) is 0. The van der Waals surface area contributed by atoms with Crippen LogP contribution >= 0.6 is 35.3 Å². The highest BCUT2D eigenvalue weighted by Gasteiger charge is 2.65. The molecule has 1 fully saturated rings. The molecule has 0 radical (unpaired) electrons. The molecule has 3 aromatic carbocycles. The molecule has 4 aliphatic rings. The van der Waals surface area contributed by atoms with Crippen LogP contribution in [0.25, 0.3) is 0 Å². The zero-order valence-electron chi connectivity index (χ0n) is 16.6. The molecule has 1 saturated carbocycles. The third kappa shape index (κ3) is 2.33. The van der Waals surface area contributed by atoms with E-state index in [-0.39, 0.29) is 4.75 Å². The van der Waals surface area contributed by atoms with Gasteiger partial charge in [-0.05, 0) is 30.2 Å². The van der Waals surface area contributed by atoms with Crippen LogP contribution < -0.4 is 0 Å². The number of thioether (sulfide) groups is 3. The summed E-state index contributed by atoms with van der Waals surface area (Å²) in [5.74, 6) is 1.11. The summed E-state index contributed by atoms with van der Waals surface area (Å²) < 4.78 is 0.107. The van der Waals surface area contributed by atoms with Gasteiger partial charge >= 0.3 is 0 Å². The maximum Gasteiger partial charge on any atom is 0.0987 e. The Labute approximate surface area is 190 Å². The molecule has 148 valence electrons. The molecule has 4 heteroatoms. The van der Waals surface area contributed by atoms with E-state index >= 15 is 0 Å². The Morgan fingerprint density at radius 3 is 2.13 bits per heavy atom. The highest BCUT2D eigenvalue weighted by Crippen LogP contribution is 2.70. The van der Waals surface area contributed by atoms with Gasteiger partial charge in [-0.1, -0.05) is 78.5 Å². The fourth-order valence-corrected chi connectivity index (χ4v) is 11.0. The van der Waals surface area contributed by atoms with Gasteiger partial charge in [-0.2, -0.15) is 0 Å². The van der Waals surface area contributed by atoms with E-state index < -0.39 is 0 Å². The van der Waals surface area contributed by atoms with Crippen molar-refractivity contribution in [2.75, 3.05) is 0 Å². The lowest BCUT2D eigenvalue weighted by Crippen LogP contribution is -2.55. The lowest BCUT2D eigenvalue weighted by Gasteiger charge is -2.49. The van der Waals surface area contributed by atoms with Gasteiger partial charge < -0.3 is 0 Å². The Morgan fingerprint density at radius 2 is 1.37 bits per heavy atom. The van der Waals surface area contributed by atoms with Gasteiger partial charge in [0.05, 0.1) is 15.8 Å². The van der Waals surface area contributed by atoms with Crippen molar-refractivity contribution in [3.8, 4) is 0 Å². The van der Waals surface area contributed by atoms with Crippen LogP contribution in [0.3, 0.4) is 0 Å². The third-order valence-electron chi connectivity index (χ3n) is 7.20. The smallest absolute Gasteiger partial charge is 0.0987 e. The van der Waals surface area contributed by atoms with Crippen LogP contribution in [0.1, 0.15) is 35.4 Å². The van der Waals surface area contributed by atoms with Crippen molar-refractivity contribution in [3.05, 3.63) is 95.6 Å². The van der Waals surface area contributed by atoms with E-state index in [1.54, 1.807) is 11.1 Å². The minimum atomic E-state index is 0.107. The largest absolute Gasteiger partial charge is 0.272 e. The molecule has 3 aromatic rings. The van der Waals surface area contributed by atoms with Crippen LogP contribution in [-0.2, 0) is 0 Å². The van der Waals surface area contributed by atoms with E-state index in [2.05, 4.69) is 109 Å². The van der Waals surface area contributed by atoms with Gasteiger partial charge in [-0.15, -0.1) is 23.5 Å². The van der Waals surface area contributed by atoms with Crippen LogP contribution in [0, 0.1) is 0 Å². The molecule has 1 nitrogen and oxygen atoms in total. The summed E-state index contributed by atoms with van der Waals surface area (Å²) in [6.07, 6.45) is 0. The molecule has 0 bridgehead atoms. The lowest BCUT2D eigenvalue weighted by molar-refractivity contribution is 0.327. The van der Waals surface area contributed by atoms with E-state index in [9.17, 15) is 0 Å². The zero-order valence-corrected chi connectivity index (χ0v) is 19.0. The molecule has 3 heterocycles. The summed E-state index contributed by atoms with van der Waals surface area (Å²) in [5.41, 5.74) is 4.38. The molecule has 5 unspecified atom stereocenters. The first-order valence-electron chi connectivity index (χ1n) is 10.6. The summed E-state index contributed by atoms with van der Waals surface area (Å²) >= 11 is 6.24. The molecule has 1 aliphatic carbocycles. The summed E-state index contributed by atoms with van der Waals surface area (Å²) in [6.45, 7) is 2.50. The average molecular weight is 444 g/mol. The first-order valence-corrected chi connectivity index (χ1v) is 13.1. The molecular weight excluding hydrogens is 422 g/mol. The van der Waals surface area contributed by atoms with Crippen LogP contribution in [0.5, 0.6) is 0 Å². The first kappa shape index (κ1) is 18.0. The second kappa shape index (κ2) is 6.44. The van der Waals surface area contributed by atoms with Crippen molar-refractivity contribution in [1.29, 1.82) is 0 Å². The highest BCUT2D eigenvalue weighted by molar-refractivity contribution is 8.16. The van der Waals surface area contributed by atoms with Crippen LogP contribution in [0.2, 0.25) is 0 Å². The molecule has 0 saturated heterocycles. The quantitative estimate of drug-likeness (QED) is 0.409. The minimum absolute atomic E-state index is 0.107. The second-order valence-corrected chi connectivity index (χ2v) is 12.7. The SMILES string of the molecule is C[C@]12SC(c3ccccc3)=NC1C1Sc3ccccc3C1C1c3ccccc3SC12. The van der Waals surface area contributed by atoms with Crippen molar-refractivity contribution in [1.82, 2.24) is 0 Å². The van der Waals surface area contributed by atoms with Crippen LogP contribution in [0.4, 0.5) is 0 Å². The standard InChI is InChI=1S/C26H21NS3/c1-26-23(27-25(30-26)15-9-3-2-4-10-15)22-20(16-11-5-7-13-18(16)28-22)21-17-12-6-8-14-19(17)29-24(21)26/h2-14,20-24H,1H3/t20?,21?,22?,23?,24?,26-/m0/s1. The van der Waals surface area contributed by atoms with E-state index in [1.165, 1.54) is 20.4 Å². The summed E-state index contributed by atoms with van der Waals surface area (Å²) in [5, 5.41) is 2.28. The van der Waals surface area contributed by atoms with Crippen molar-refractivity contribution in [2.45, 2.75) is 49.8 Å². The van der Waals surface area contributed by atoms with Crippen molar-refractivity contribution in [2.24, 2.45) is 4.99 Å². The van der Waals surface area contributed by atoms with E-state index in [4.69, 9.17) is 4.99 Å². The van der Waals surface area contributed by atoms with Gasteiger partial charge in [0, 0.05) is 37.7 Å². The second-order valence-electron chi connectivity index (χ2n) is 8.78. The number of aliphatic imine (C=N–C) groups is 1. The maximum atomic E-state index is 5.45. The van der Waals surface area contributed by atoms with Gasteiger partial charge in [-0.25, -0.2) is 0 Å². The fraction of sp³-hybridized carbons (Fsp3) is 0.269. The monoisotopic (exact) mass is 443 g/mol. The number of fused-ring (bicyclic) bond motifs is 10. The van der Waals surface area contributed by atoms with Crippen molar-refractivity contribution in [3.63, 3.8) is 0 Å². The fourth-order valence-electron chi connectivity index (χ4n) is 5.90. The van der Waals surface area contributed by atoms with Crippen molar-refractivity contribution < 1.29 is 0 Å². The van der Waals surface area contributed by atoms with Gasteiger partial charge in [0.1, 0.15) is 0 Å². The normalized spacial score (nSPS) is 35.1. The predicted molar refractivity (Wildman–Crippen MR) is 130 cm³/mol. The Kier molecular flexibility index (Phi) is 3.87. The molecule has 7 rings (SSSR count). The molecule has 0 aromatic heterocycles. The lowest BCUT2D eigenvalue weighted by atomic mass is 9.66. The number of nitrogens with zero attached hydrogens (tertiary/aromatic N) is 1. The maximum absolute atomic E-state index is 5.45. The number of hydrogen-bond donors (Lipinski definition) is 0. The minimum Gasteiger partial charge on any atom is -0.272 e. The molecule has 6 atom stereocenters. The van der Waals surface area contributed by atoms with E-state index in [1.807, 2.05) is 11.8 Å². The van der Waals surface area contributed by atoms with E-state index in [0.717, 1.165) is 0 Å². The highest BCUT2D eigenvalue weighted by atomic mass is 32.2. The topological polar surface area (TPSA) is 12.4 Å².